The molecule has 17 aromatic rings. The third-order valence-electron chi connectivity index (χ3n) is 32.9. The van der Waals surface area contributed by atoms with Gasteiger partial charge < -0.3 is 18.6 Å². The van der Waals surface area contributed by atoms with Crippen molar-refractivity contribution in [2.75, 3.05) is 19.6 Å². The van der Waals surface area contributed by atoms with Crippen molar-refractivity contribution < 1.29 is 8.83 Å². The Morgan fingerprint density at radius 2 is 0.609 bits per heavy atom. The molecular weight excluding hydrogens is 1670 g/mol. The highest BCUT2D eigenvalue weighted by Crippen LogP contribution is 2.60. The Morgan fingerprint density at radius 3 is 1.03 bits per heavy atom. The Balaban J connectivity index is 0.745. The van der Waals surface area contributed by atoms with Gasteiger partial charge in [-0.2, -0.15) is 0 Å². The molecule has 0 N–H and O–H groups in total. The van der Waals surface area contributed by atoms with E-state index in [1.54, 1.807) is 0 Å². The molecule has 0 saturated carbocycles. The van der Waals surface area contributed by atoms with Gasteiger partial charge in [-0.1, -0.05) is 365 Å². The molecular formula is C130H128B2N4O2. The molecule has 0 amide bonds. The third kappa shape index (κ3) is 14.4. The van der Waals surface area contributed by atoms with Gasteiger partial charge in [0, 0.05) is 84.0 Å². The lowest BCUT2D eigenvalue weighted by Gasteiger charge is -2.50. The highest BCUT2D eigenvalue weighted by molar-refractivity contribution is 7.02. The molecule has 6 nitrogen and oxygen atoms in total. The van der Waals surface area contributed by atoms with Gasteiger partial charge >= 0.3 is 0 Å². The monoisotopic (exact) mass is 1800 g/mol. The summed E-state index contributed by atoms with van der Waals surface area (Å²) < 4.78 is 16.0. The van der Waals surface area contributed by atoms with E-state index in [1.165, 1.54) is 161 Å². The third-order valence-corrected chi connectivity index (χ3v) is 32.9. The fourth-order valence-corrected chi connectivity index (χ4v) is 24.6. The zero-order chi connectivity index (χ0) is 95.9. The second-order valence-corrected chi connectivity index (χ2v) is 48.3. The minimum atomic E-state index is -0.432. The minimum absolute atomic E-state index is 0.0438. The number of rotatable bonds is 12. The summed E-state index contributed by atoms with van der Waals surface area (Å²) in [4.78, 5) is 10.4. The van der Waals surface area contributed by atoms with Gasteiger partial charge in [-0.3, -0.25) is 9.80 Å². The minimum Gasteiger partial charge on any atom is -0.440 e. The first-order valence-electron chi connectivity index (χ1n) is 50.5. The number of nitrogens with zero attached hydrogens (tertiary/aromatic N) is 4. The number of benzene rings is 15. The highest BCUT2D eigenvalue weighted by Gasteiger charge is 2.54. The van der Waals surface area contributed by atoms with Crippen molar-refractivity contribution in [1.29, 1.82) is 0 Å². The van der Waals surface area contributed by atoms with E-state index >= 15 is 0 Å². The molecule has 0 saturated heterocycles. The zero-order valence-electron chi connectivity index (χ0n) is 84.8. The Bertz CT molecular complexity index is 7680. The molecule has 23 rings (SSSR count). The Morgan fingerprint density at radius 1 is 0.283 bits per heavy atom. The van der Waals surface area contributed by atoms with Crippen LogP contribution in [0.2, 0.25) is 0 Å². The molecule has 2 aliphatic carbocycles. The summed E-state index contributed by atoms with van der Waals surface area (Å²) in [5.41, 5.74) is 42.6. The van der Waals surface area contributed by atoms with Gasteiger partial charge in [0.15, 0.2) is 0 Å². The highest BCUT2D eigenvalue weighted by atomic mass is 16.4. The number of hydrogen-bond acceptors (Lipinski definition) is 6. The lowest BCUT2D eigenvalue weighted by Crippen LogP contribution is -2.61. The molecule has 1 unspecified atom stereocenters. The maximum Gasteiger partial charge on any atom is 0.257 e. The summed E-state index contributed by atoms with van der Waals surface area (Å²) in [7, 11) is 0. The number of furan rings is 2. The summed E-state index contributed by atoms with van der Waals surface area (Å²) in [5, 5.41) is 2.35. The Labute approximate surface area is 819 Å². The van der Waals surface area contributed by atoms with Gasteiger partial charge in [-0.25, -0.2) is 0 Å². The van der Waals surface area contributed by atoms with Gasteiger partial charge in [-0.05, 0) is 306 Å². The zero-order valence-corrected chi connectivity index (χ0v) is 84.8. The molecule has 2 aromatic heterocycles. The standard InChI is InChI=1S/C130H128B2N4O2/c1-122(2,3)88-52-58-95(59-53-88)134-110-70-91(125(10,11)12)71-112-118(110)132(106-67-87(82-42-32-25-33-43-82)51-63-108(106)136(112)119-97(84-44-34-26-35-45-84)68-90(124(7,8)9)69-98(119)85-46-36-27-37-47-85)116-100-75-104-103(77-114(100)138-121(116)134)129(19,20)79-93(130(104,21)22)78-128(17,18)92-72-109-117-111(73-92)135(96-60-54-89(55-61-96)123(4,5)6)120-115(99-74-101-102(76-113(99)137-120)127(15,16)65-64-126(101,13)14)131(117)105-66-86(81-40-30-24-31-41-81)50-62-107(105)133(109)94-56-48-83(49-57-94)80-38-28-23-29-39-80/h23-63,66-77,93H,64-65,78-79H2,1-22H3. The fraction of sp³-hybridized carbons (Fsp3) is 0.277. The van der Waals surface area contributed by atoms with E-state index in [9.17, 15) is 0 Å². The first-order chi connectivity index (χ1) is 65.7. The maximum absolute atomic E-state index is 8.10. The van der Waals surface area contributed by atoms with Crippen LogP contribution in [-0.2, 0) is 48.7 Å². The topological polar surface area (TPSA) is 39.2 Å². The van der Waals surface area contributed by atoms with Crippen molar-refractivity contribution in [2.45, 2.75) is 227 Å². The average Bonchev–Trinajstić information content (AvgIpc) is 1.42. The Kier molecular flexibility index (Phi) is 20.2. The molecule has 138 heavy (non-hydrogen) atoms. The van der Waals surface area contributed by atoms with Gasteiger partial charge in [0.1, 0.15) is 11.2 Å². The van der Waals surface area contributed by atoms with E-state index in [-0.39, 0.29) is 62.7 Å². The lowest BCUT2D eigenvalue weighted by atomic mass is 9.33. The van der Waals surface area contributed by atoms with Crippen LogP contribution in [-0.4, -0.2) is 13.4 Å². The van der Waals surface area contributed by atoms with Crippen molar-refractivity contribution >= 4 is 137 Å². The Hall–Kier alpha value is -13.3. The summed E-state index contributed by atoms with van der Waals surface area (Å²) >= 11 is 0. The molecule has 8 heteroatoms. The summed E-state index contributed by atoms with van der Waals surface area (Å²) in [6.07, 6.45) is 4.07. The molecule has 4 aliphatic heterocycles. The normalized spacial score (nSPS) is 16.5. The van der Waals surface area contributed by atoms with Crippen LogP contribution in [0.25, 0.3) is 77.6 Å². The van der Waals surface area contributed by atoms with E-state index in [0.29, 0.717) is 0 Å². The molecule has 6 heterocycles. The van der Waals surface area contributed by atoms with E-state index < -0.39 is 5.41 Å². The molecule has 0 spiro atoms. The van der Waals surface area contributed by atoms with Crippen LogP contribution in [0.15, 0.2) is 330 Å². The SMILES string of the molecule is CC(C)(C)c1ccc(N2c3cc(C(C)(C)CC4CC(C)(C)c5cc6oc7c(c6cc5C4(C)C)B4c5cc(-c6ccccc6)ccc5N(c5c(-c6ccccc6)cc(C(C)(C)C)cc5-c5ccccc5)c5cc(C(C)(C)C)cc(c54)N7c4ccc(C(C)(C)C)cc4)cc4c3B(c3cc(-c5ccccc5)ccc3N4c3ccc(-c4ccccc4)cc3)c3c2oc2cc4c(cc32)C(C)(C)CCC4(C)C)cc1. The second kappa shape index (κ2) is 31.4. The molecule has 0 fully saturated rings. The van der Waals surface area contributed by atoms with Crippen LogP contribution in [0.5, 0.6) is 0 Å². The molecule has 0 bridgehead atoms. The number of hydrogen-bond donors (Lipinski definition) is 0. The van der Waals surface area contributed by atoms with Crippen LogP contribution in [0.4, 0.5) is 68.6 Å². The average molecular weight is 1800 g/mol. The first-order valence-corrected chi connectivity index (χ1v) is 50.5. The van der Waals surface area contributed by atoms with E-state index in [1.807, 2.05) is 0 Å². The van der Waals surface area contributed by atoms with Crippen molar-refractivity contribution in [3.05, 3.63) is 372 Å². The summed E-state index contributed by atoms with van der Waals surface area (Å²) in [6.45, 7) is 52.9. The van der Waals surface area contributed by atoms with E-state index in [0.717, 1.165) is 93.8 Å². The van der Waals surface area contributed by atoms with Crippen LogP contribution in [0.1, 0.15) is 228 Å². The van der Waals surface area contributed by atoms with Crippen LogP contribution < -0.4 is 52.4 Å². The largest absolute Gasteiger partial charge is 0.440 e. The number of anilines is 12. The van der Waals surface area contributed by atoms with Gasteiger partial charge in [-0.15, -0.1) is 0 Å². The predicted molar refractivity (Wildman–Crippen MR) is 590 cm³/mol. The molecule has 6 aliphatic rings. The number of fused-ring (bicyclic) bond motifs is 14. The second-order valence-electron chi connectivity index (χ2n) is 48.3. The smallest absolute Gasteiger partial charge is 0.257 e. The quantitative estimate of drug-likeness (QED) is 0.114. The molecule has 686 valence electrons. The van der Waals surface area contributed by atoms with Crippen molar-refractivity contribution in [2.24, 2.45) is 5.92 Å². The van der Waals surface area contributed by atoms with Gasteiger partial charge in [0.05, 0.1) is 5.69 Å². The van der Waals surface area contributed by atoms with E-state index in [4.69, 9.17) is 8.83 Å². The van der Waals surface area contributed by atoms with Crippen LogP contribution in [0.3, 0.4) is 0 Å². The van der Waals surface area contributed by atoms with Crippen molar-refractivity contribution in [1.82, 2.24) is 0 Å². The summed E-state index contributed by atoms with van der Waals surface area (Å²) in [5.74, 6) is 1.95. The first kappa shape index (κ1) is 88.7. The summed E-state index contributed by atoms with van der Waals surface area (Å²) in [6, 6.07) is 124. The van der Waals surface area contributed by atoms with Gasteiger partial charge in [0.25, 0.3) is 13.4 Å². The molecule has 15 aromatic carbocycles. The van der Waals surface area contributed by atoms with Crippen LogP contribution >= 0.6 is 0 Å². The van der Waals surface area contributed by atoms with Crippen molar-refractivity contribution in [3.63, 3.8) is 0 Å². The van der Waals surface area contributed by atoms with Crippen LogP contribution in [0, 0.1) is 5.92 Å². The molecule has 0 radical (unpaired) electrons. The fourth-order valence-electron chi connectivity index (χ4n) is 24.6. The van der Waals surface area contributed by atoms with Gasteiger partial charge in [0.2, 0.25) is 11.8 Å². The van der Waals surface area contributed by atoms with Crippen molar-refractivity contribution in [3.8, 4) is 55.6 Å². The predicted octanol–water partition coefficient (Wildman–Crippen LogP) is 32.2. The van der Waals surface area contributed by atoms with E-state index in [2.05, 4.69) is 493 Å². The lowest BCUT2D eigenvalue weighted by molar-refractivity contribution is 0.173. The maximum atomic E-state index is 8.10. The molecule has 1 atom stereocenters.